The highest BCUT2D eigenvalue weighted by molar-refractivity contribution is 7.98. The van der Waals surface area contributed by atoms with Crippen LogP contribution < -0.4 is 10.9 Å². The van der Waals surface area contributed by atoms with Crippen molar-refractivity contribution in [1.29, 1.82) is 0 Å². The van der Waals surface area contributed by atoms with Gasteiger partial charge in [-0.1, -0.05) is 42.1 Å². The molecule has 9 nitrogen and oxygen atoms in total. The average molecular weight is 482 g/mol. The second-order valence-corrected chi connectivity index (χ2v) is 8.41. The van der Waals surface area contributed by atoms with Crippen LogP contribution in [0.1, 0.15) is 29.5 Å². The van der Waals surface area contributed by atoms with Crippen molar-refractivity contribution in [3.8, 4) is 0 Å². The predicted octanol–water partition coefficient (Wildman–Crippen LogP) is 4.11. The number of rotatable bonds is 6. The first-order valence-electron chi connectivity index (χ1n) is 10.1. The van der Waals surface area contributed by atoms with Crippen LogP contribution in [0.25, 0.3) is 0 Å². The maximum atomic E-state index is 14.0. The lowest BCUT2D eigenvalue weighted by atomic mass is 9.82. The van der Waals surface area contributed by atoms with Crippen LogP contribution in [-0.2, 0) is 15.3 Å². The quantitative estimate of drug-likeness (QED) is 0.177. The lowest BCUT2D eigenvalue weighted by molar-refractivity contribution is -0.384. The number of allylic oxidation sites excluding steroid dienone is 1. The molecule has 174 valence electrons. The third-order valence-electron chi connectivity index (χ3n) is 5.39. The SMILES string of the molecule is COC(=O)C1=C(C)Nc2nc(SCc3ccccc3F)[nH]c(=O)c2C1c1ccc([N+](=O)[O-])cc1. The molecule has 34 heavy (non-hydrogen) atoms. The molecule has 2 N–H and O–H groups in total. The molecule has 1 aromatic heterocycles. The Kier molecular flexibility index (Phi) is 6.46. The van der Waals surface area contributed by atoms with Gasteiger partial charge < -0.3 is 15.0 Å². The number of benzene rings is 2. The Hall–Kier alpha value is -3.99. The van der Waals surface area contributed by atoms with E-state index in [9.17, 15) is 24.1 Å². The number of methoxy groups -OCH3 is 1. The minimum Gasteiger partial charge on any atom is -0.466 e. The number of hydrogen-bond donors (Lipinski definition) is 2. The summed E-state index contributed by atoms with van der Waals surface area (Å²) in [6.45, 7) is 1.66. The van der Waals surface area contributed by atoms with Gasteiger partial charge in [0.2, 0.25) is 0 Å². The van der Waals surface area contributed by atoms with Crippen molar-refractivity contribution in [3.63, 3.8) is 0 Å². The molecule has 0 bridgehead atoms. The number of aromatic amines is 1. The summed E-state index contributed by atoms with van der Waals surface area (Å²) in [4.78, 5) is 43.5. The Labute approximate surface area is 197 Å². The maximum Gasteiger partial charge on any atom is 0.336 e. The molecule has 0 amide bonds. The van der Waals surface area contributed by atoms with E-state index in [1.165, 1.54) is 37.4 Å². The van der Waals surface area contributed by atoms with Crippen molar-refractivity contribution in [2.24, 2.45) is 0 Å². The van der Waals surface area contributed by atoms with Crippen LogP contribution in [0.2, 0.25) is 0 Å². The van der Waals surface area contributed by atoms with Crippen molar-refractivity contribution in [1.82, 2.24) is 9.97 Å². The molecule has 2 heterocycles. The smallest absolute Gasteiger partial charge is 0.336 e. The molecular weight excluding hydrogens is 463 g/mol. The Morgan fingerprint density at radius 2 is 1.94 bits per heavy atom. The topological polar surface area (TPSA) is 127 Å². The molecule has 1 aliphatic heterocycles. The number of ether oxygens (including phenoxy) is 1. The molecule has 0 fully saturated rings. The number of non-ortho nitro benzene ring substituents is 1. The van der Waals surface area contributed by atoms with E-state index in [1.807, 2.05) is 0 Å². The summed E-state index contributed by atoms with van der Waals surface area (Å²) in [7, 11) is 1.23. The Morgan fingerprint density at radius 3 is 2.59 bits per heavy atom. The second-order valence-electron chi connectivity index (χ2n) is 7.45. The van der Waals surface area contributed by atoms with Gasteiger partial charge in [0, 0.05) is 23.6 Å². The van der Waals surface area contributed by atoms with Crippen LogP contribution >= 0.6 is 11.8 Å². The average Bonchev–Trinajstić information content (AvgIpc) is 2.82. The number of nitro groups is 1. The van der Waals surface area contributed by atoms with Crippen LogP contribution in [0, 0.1) is 15.9 Å². The van der Waals surface area contributed by atoms with Crippen LogP contribution in [0.3, 0.4) is 0 Å². The number of esters is 1. The minimum absolute atomic E-state index is 0.120. The molecule has 1 atom stereocenters. The number of nitrogens with zero attached hydrogens (tertiary/aromatic N) is 2. The Balaban J connectivity index is 1.77. The van der Waals surface area contributed by atoms with Crippen molar-refractivity contribution >= 4 is 29.2 Å². The number of carbonyl (C=O) groups is 1. The fraction of sp³-hybridized carbons (Fsp3) is 0.174. The summed E-state index contributed by atoms with van der Waals surface area (Å²) in [5.41, 5.74) is 1.15. The number of nitro benzene ring substituents is 1. The largest absolute Gasteiger partial charge is 0.466 e. The standard InChI is InChI=1S/C23H19FN4O5S/c1-12-17(22(30)33-2)18(13-7-9-15(10-8-13)28(31)32)19-20(25-12)26-23(27-21(19)29)34-11-14-5-3-4-6-16(14)24/h3-10,18H,11H2,1-2H3,(H2,25,26,27,29). The van der Waals surface area contributed by atoms with Gasteiger partial charge in [-0.2, -0.15) is 0 Å². The van der Waals surface area contributed by atoms with E-state index < -0.39 is 22.4 Å². The van der Waals surface area contributed by atoms with E-state index in [1.54, 1.807) is 25.1 Å². The molecule has 0 aliphatic carbocycles. The number of H-pyrrole nitrogens is 1. The minimum atomic E-state index is -0.855. The number of hydrogen-bond acceptors (Lipinski definition) is 8. The number of fused-ring (bicyclic) bond motifs is 1. The maximum absolute atomic E-state index is 14.0. The van der Waals surface area contributed by atoms with Crippen LogP contribution in [-0.4, -0.2) is 28.0 Å². The third kappa shape index (κ3) is 4.42. The highest BCUT2D eigenvalue weighted by Crippen LogP contribution is 2.40. The summed E-state index contributed by atoms with van der Waals surface area (Å²) in [6, 6.07) is 11.9. The molecule has 0 saturated carbocycles. The first kappa shape index (κ1) is 23.2. The molecule has 1 aliphatic rings. The number of thioether (sulfide) groups is 1. The third-order valence-corrected chi connectivity index (χ3v) is 6.31. The molecule has 3 aromatic rings. The lowest BCUT2D eigenvalue weighted by Gasteiger charge is -2.28. The Bertz CT molecular complexity index is 1370. The normalized spacial score (nSPS) is 14.9. The summed E-state index contributed by atoms with van der Waals surface area (Å²) in [6.07, 6.45) is 0. The van der Waals surface area contributed by atoms with E-state index in [-0.39, 0.29) is 39.4 Å². The first-order chi connectivity index (χ1) is 16.3. The Morgan fingerprint density at radius 1 is 1.24 bits per heavy atom. The van der Waals surface area contributed by atoms with Crippen LogP contribution in [0.5, 0.6) is 0 Å². The van der Waals surface area contributed by atoms with E-state index >= 15 is 0 Å². The van der Waals surface area contributed by atoms with Crippen molar-refractivity contribution in [3.05, 3.63) is 103 Å². The van der Waals surface area contributed by atoms with E-state index in [4.69, 9.17) is 4.74 Å². The van der Waals surface area contributed by atoms with Gasteiger partial charge in [0.15, 0.2) is 5.16 Å². The van der Waals surface area contributed by atoms with Crippen LogP contribution in [0.15, 0.2) is 69.8 Å². The van der Waals surface area contributed by atoms with E-state index in [0.29, 0.717) is 16.8 Å². The number of aromatic nitrogens is 2. The molecule has 2 aromatic carbocycles. The molecule has 1 unspecified atom stereocenters. The van der Waals surface area contributed by atoms with E-state index in [2.05, 4.69) is 15.3 Å². The first-order valence-corrected chi connectivity index (χ1v) is 11.1. The van der Waals surface area contributed by atoms with Gasteiger partial charge in [-0.3, -0.25) is 14.9 Å². The van der Waals surface area contributed by atoms with Gasteiger partial charge in [0.1, 0.15) is 11.6 Å². The summed E-state index contributed by atoms with van der Waals surface area (Å²) >= 11 is 1.16. The van der Waals surface area contributed by atoms with Crippen molar-refractivity contribution in [2.75, 3.05) is 12.4 Å². The van der Waals surface area contributed by atoms with Gasteiger partial charge in [-0.05, 0) is 24.1 Å². The van der Waals surface area contributed by atoms with Gasteiger partial charge in [0.25, 0.3) is 11.2 Å². The number of halogens is 1. The number of nitrogens with one attached hydrogen (secondary N) is 2. The van der Waals surface area contributed by atoms with Crippen LogP contribution in [0.4, 0.5) is 15.9 Å². The fourth-order valence-corrected chi connectivity index (χ4v) is 4.61. The van der Waals surface area contributed by atoms with Crippen molar-refractivity contribution < 1.29 is 18.8 Å². The summed E-state index contributed by atoms with van der Waals surface area (Å²) in [5, 5.41) is 14.3. The molecule has 4 rings (SSSR count). The second kappa shape index (κ2) is 9.48. The summed E-state index contributed by atoms with van der Waals surface area (Å²) < 4.78 is 18.9. The lowest BCUT2D eigenvalue weighted by Crippen LogP contribution is -2.31. The number of anilines is 1. The molecule has 0 saturated heterocycles. The van der Waals surface area contributed by atoms with Crippen molar-refractivity contribution in [2.45, 2.75) is 23.8 Å². The molecule has 0 radical (unpaired) electrons. The van der Waals surface area contributed by atoms with Gasteiger partial charge in [-0.25, -0.2) is 14.2 Å². The summed E-state index contributed by atoms with van der Waals surface area (Å²) in [5.74, 6) is -1.35. The number of carbonyl (C=O) groups excluding carboxylic acids is 1. The zero-order valence-corrected chi connectivity index (χ0v) is 18.9. The van der Waals surface area contributed by atoms with Gasteiger partial charge >= 0.3 is 5.97 Å². The molecular formula is C23H19FN4O5S. The molecule has 0 spiro atoms. The zero-order valence-electron chi connectivity index (χ0n) is 18.1. The zero-order chi connectivity index (χ0) is 24.4. The highest BCUT2D eigenvalue weighted by atomic mass is 32.2. The fourth-order valence-electron chi connectivity index (χ4n) is 3.76. The monoisotopic (exact) mass is 482 g/mol. The van der Waals surface area contributed by atoms with Gasteiger partial charge in [0.05, 0.1) is 29.1 Å². The predicted molar refractivity (Wildman–Crippen MR) is 124 cm³/mol. The highest BCUT2D eigenvalue weighted by Gasteiger charge is 2.36. The molecule has 11 heteroatoms. The van der Waals surface area contributed by atoms with E-state index in [0.717, 1.165) is 11.8 Å². The van der Waals surface area contributed by atoms with Gasteiger partial charge in [-0.15, -0.1) is 0 Å².